The van der Waals surface area contributed by atoms with Gasteiger partial charge in [-0.05, 0) is 51.3 Å². The van der Waals surface area contributed by atoms with Crippen LogP contribution in [-0.2, 0) is 16.1 Å². The van der Waals surface area contributed by atoms with E-state index in [2.05, 4.69) is 23.1 Å². The average molecular weight is 463 g/mol. The summed E-state index contributed by atoms with van der Waals surface area (Å²) >= 11 is 0. The Morgan fingerprint density at radius 2 is 1.68 bits per heavy atom. The summed E-state index contributed by atoms with van der Waals surface area (Å²) in [5.74, 6) is -0.264. The van der Waals surface area contributed by atoms with Gasteiger partial charge in [-0.2, -0.15) is 5.26 Å². The van der Waals surface area contributed by atoms with E-state index < -0.39 is 11.7 Å². The number of rotatable bonds is 6. The Hall–Kier alpha value is -3.37. The molecule has 0 aliphatic carbocycles. The van der Waals surface area contributed by atoms with Gasteiger partial charge in [0.15, 0.2) is 0 Å². The van der Waals surface area contributed by atoms with Gasteiger partial charge in [0, 0.05) is 32.7 Å². The number of ether oxygens (including phenoxy) is 1. The van der Waals surface area contributed by atoms with E-state index in [0.717, 1.165) is 32.5 Å². The summed E-state index contributed by atoms with van der Waals surface area (Å²) in [6.07, 6.45) is 1.04. The van der Waals surface area contributed by atoms with E-state index in [1.54, 1.807) is 36.2 Å². The molecule has 0 radical (unpaired) electrons. The summed E-state index contributed by atoms with van der Waals surface area (Å²) in [5, 5.41) is 9.40. The van der Waals surface area contributed by atoms with Gasteiger partial charge in [-0.15, -0.1) is 0 Å². The number of piperidine rings is 1. The van der Waals surface area contributed by atoms with Crippen molar-refractivity contribution >= 4 is 17.7 Å². The maximum absolute atomic E-state index is 13.2. The molecule has 0 N–H and O–H groups in total. The fourth-order valence-corrected chi connectivity index (χ4v) is 4.14. The molecule has 180 valence electrons. The van der Waals surface area contributed by atoms with Gasteiger partial charge in [-0.25, -0.2) is 4.79 Å². The number of para-hydroxylation sites is 1. The van der Waals surface area contributed by atoms with Crippen molar-refractivity contribution in [3.05, 3.63) is 65.7 Å². The predicted molar refractivity (Wildman–Crippen MR) is 132 cm³/mol. The summed E-state index contributed by atoms with van der Waals surface area (Å²) in [6.45, 7) is 7.90. The van der Waals surface area contributed by atoms with Gasteiger partial charge in [0.2, 0.25) is 5.91 Å². The van der Waals surface area contributed by atoms with Crippen molar-refractivity contribution < 1.29 is 14.3 Å². The van der Waals surface area contributed by atoms with Crippen LogP contribution in [0, 0.1) is 11.3 Å². The van der Waals surface area contributed by atoms with E-state index >= 15 is 0 Å². The molecule has 7 nitrogen and oxygen atoms in total. The maximum Gasteiger partial charge on any atom is 0.411 e. The van der Waals surface area contributed by atoms with Crippen LogP contribution in [0.2, 0.25) is 0 Å². The zero-order valence-electron chi connectivity index (χ0n) is 20.5. The summed E-state index contributed by atoms with van der Waals surface area (Å²) in [6, 6.07) is 19.3. The standard InChI is InChI=1S/C27H34N4O3/c1-27(2,3)34-26(33)31(20-25(32)29(4)24-13-9-8-12-22(24)18-28)23-14-16-30(17-15-23)19-21-10-6-5-7-11-21/h5-13,23H,14-17,19-20H2,1-4H3. The van der Waals surface area contributed by atoms with Crippen LogP contribution in [0.4, 0.5) is 10.5 Å². The van der Waals surface area contributed by atoms with Crippen molar-refractivity contribution in [1.82, 2.24) is 9.80 Å². The maximum atomic E-state index is 13.2. The van der Waals surface area contributed by atoms with Gasteiger partial charge < -0.3 is 9.64 Å². The number of likely N-dealkylation sites (tertiary alicyclic amines) is 1. The average Bonchev–Trinajstić information content (AvgIpc) is 2.82. The molecule has 0 unspecified atom stereocenters. The van der Waals surface area contributed by atoms with E-state index in [-0.39, 0.29) is 18.5 Å². The molecule has 34 heavy (non-hydrogen) atoms. The van der Waals surface area contributed by atoms with Crippen molar-refractivity contribution in [1.29, 1.82) is 5.26 Å². The molecule has 0 bridgehead atoms. The highest BCUT2D eigenvalue weighted by Gasteiger charge is 2.33. The van der Waals surface area contributed by atoms with Crippen molar-refractivity contribution in [2.45, 2.75) is 51.8 Å². The van der Waals surface area contributed by atoms with E-state index in [1.165, 1.54) is 10.5 Å². The molecule has 1 saturated heterocycles. The number of hydrogen-bond acceptors (Lipinski definition) is 5. The van der Waals surface area contributed by atoms with Gasteiger partial charge in [-0.3, -0.25) is 14.6 Å². The van der Waals surface area contributed by atoms with Gasteiger partial charge in [0.25, 0.3) is 0 Å². The van der Waals surface area contributed by atoms with Gasteiger partial charge in [-0.1, -0.05) is 42.5 Å². The zero-order valence-corrected chi connectivity index (χ0v) is 20.5. The first kappa shape index (κ1) is 25.3. The van der Waals surface area contributed by atoms with Crippen molar-refractivity contribution in [2.24, 2.45) is 0 Å². The lowest BCUT2D eigenvalue weighted by Crippen LogP contribution is -2.52. The zero-order chi connectivity index (χ0) is 24.7. The van der Waals surface area contributed by atoms with E-state index in [4.69, 9.17) is 4.74 Å². The molecular weight excluding hydrogens is 428 g/mol. The van der Waals surface area contributed by atoms with Crippen LogP contribution < -0.4 is 4.90 Å². The van der Waals surface area contributed by atoms with Crippen molar-refractivity contribution in [3.8, 4) is 6.07 Å². The quantitative estimate of drug-likeness (QED) is 0.635. The van der Waals surface area contributed by atoms with Crippen molar-refractivity contribution in [3.63, 3.8) is 0 Å². The normalized spacial score (nSPS) is 14.8. The first-order valence-corrected chi connectivity index (χ1v) is 11.7. The highest BCUT2D eigenvalue weighted by Crippen LogP contribution is 2.23. The number of nitriles is 1. The van der Waals surface area contributed by atoms with Crippen LogP contribution in [-0.4, -0.2) is 60.1 Å². The van der Waals surface area contributed by atoms with Crippen LogP contribution in [0.1, 0.15) is 44.7 Å². The second-order valence-electron chi connectivity index (χ2n) is 9.68. The molecule has 0 atom stereocenters. The van der Waals surface area contributed by atoms with Crippen LogP contribution in [0.5, 0.6) is 0 Å². The van der Waals surface area contributed by atoms with Crippen LogP contribution >= 0.6 is 0 Å². The third-order valence-corrected chi connectivity index (χ3v) is 5.94. The monoisotopic (exact) mass is 462 g/mol. The molecule has 2 amide bonds. The minimum Gasteiger partial charge on any atom is -0.444 e. The van der Waals surface area contributed by atoms with Gasteiger partial charge in [0.05, 0.1) is 11.3 Å². The van der Waals surface area contributed by atoms with E-state index in [0.29, 0.717) is 11.3 Å². The highest BCUT2D eigenvalue weighted by molar-refractivity contribution is 5.96. The Balaban J connectivity index is 1.71. The third kappa shape index (κ3) is 6.82. The number of hydrogen-bond donors (Lipinski definition) is 0. The number of benzene rings is 2. The molecule has 3 rings (SSSR count). The third-order valence-electron chi connectivity index (χ3n) is 5.94. The van der Waals surface area contributed by atoms with Crippen molar-refractivity contribution in [2.75, 3.05) is 31.6 Å². The first-order valence-electron chi connectivity index (χ1n) is 11.7. The molecule has 1 aliphatic rings. The second-order valence-corrected chi connectivity index (χ2v) is 9.68. The molecule has 7 heteroatoms. The summed E-state index contributed by atoms with van der Waals surface area (Å²) < 4.78 is 5.66. The van der Waals surface area contributed by atoms with Gasteiger partial charge in [0.1, 0.15) is 18.2 Å². The minimum atomic E-state index is -0.661. The topological polar surface area (TPSA) is 76.9 Å². The Bertz CT molecular complexity index is 1020. The molecule has 0 aromatic heterocycles. The van der Waals surface area contributed by atoms with Crippen LogP contribution in [0.15, 0.2) is 54.6 Å². The molecular formula is C27H34N4O3. The van der Waals surface area contributed by atoms with E-state index in [9.17, 15) is 14.9 Å². The smallest absolute Gasteiger partial charge is 0.411 e. The fourth-order valence-electron chi connectivity index (χ4n) is 4.14. The molecule has 1 heterocycles. The lowest BCUT2D eigenvalue weighted by Gasteiger charge is -2.39. The lowest BCUT2D eigenvalue weighted by atomic mass is 10.0. The number of nitrogens with zero attached hydrogens (tertiary/aromatic N) is 4. The largest absolute Gasteiger partial charge is 0.444 e. The minimum absolute atomic E-state index is 0.0922. The van der Waals surface area contributed by atoms with E-state index in [1.807, 2.05) is 39.0 Å². The summed E-state index contributed by atoms with van der Waals surface area (Å²) in [7, 11) is 1.63. The predicted octanol–water partition coefficient (Wildman–Crippen LogP) is 4.42. The number of carbonyl (C=O) groups excluding carboxylic acids is 2. The Morgan fingerprint density at radius 1 is 1.06 bits per heavy atom. The lowest BCUT2D eigenvalue weighted by molar-refractivity contribution is -0.120. The highest BCUT2D eigenvalue weighted by atomic mass is 16.6. The second kappa shape index (κ2) is 11.2. The first-order chi connectivity index (χ1) is 16.2. The molecule has 2 aromatic carbocycles. The molecule has 0 saturated carbocycles. The fraction of sp³-hybridized carbons (Fsp3) is 0.444. The Kier molecular flexibility index (Phi) is 8.30. The van der Waals surface area contributed by atoms with Crippen LogP contribution in [0.25, 0.3) is 0 Å². The molecule has 0 spiro atoms. The number of likely N-dealkylation sites (N-methyl/N-ethyl adjacent to an activating group) is 1. The van der Waals surface area contributed by atoms with Gasteiger partial charge >= 0.3 is 6.09 Å². The number of amides is 2. The summed E-state index contributed by atoms with van der Waals surface area (Å²) in [4.78, 5) is 31.7. The van der Waals surface area contributed by atoms with Crippen LogP contribution in [0.3, 0.4) is 0 Å². The Labute approximate surface area is 202 Å². The molecule has 1 fully saturated rings. The SMILES string of the molecule is CN(C(=O)CN(C(=O)OC(C)(C)C)C1CCN(Cc2ccccc2)CC1)c1ccccc1C#N. The number of carbonyl (C=O) groups is 2. The molecule has 1 aliphatic heterocycles. The molecule has 2 aromatic rings. The number of anilines is 1. The Morgan fingerprint density at radius 3 is 2.29 bits per heavy atom. The summed E-state index contributed by atoms with van der Waals surface area (Å²) in [5.41, 5.74) is 1.54.